The van der Waals surface area contributed by atoms with Gasteiger partial charge in [-0.15, -0.1) is 0 Å². The van der Waals surface area contributed by atoms with E-state index in [0.717, 1.165) is 39.0 Å². The number of carbonyl (C=O) groups is 1. The van der Waals surface area contributed by atoms with E-state index < -0.39 is 0 Å². The first-order valence-corrected chi connectivity index (χ1v) is 6.01. The van der Waals surface area contributed by atoms with Crippen LogP contribution in [0, 0.1) is 5.92 Å². The van der Waals surface area contributed by atoms with Crippen LogP contribution in [0.4, 0.5) is 0 Å². The number of hydrogen-bond donors (Lipinski definition) is 2. The molecule has 2 rings (SSSR count). The topological polar surface area (TPSA) is 58.4 Å². The molecule has 0 bridgehead atoms. The van der Waals surface area contributed by atoms with Gasteiger partial charge in [-0.05, 0) is 38.8 Å². The SMILES string of the molecule is NC(=O)C1CCCN(CC2CCCN2)C1. The summed E-state index contributed by atoms with van der Waals surface area (Å²) in [5.41, 5.74) is 5.36. The molecule has 0 aliphatic carbocycles. The van der Waals surface area contributed by atoms with Crippen LogP contribution in [0.15, 0.2) is 0 Å². The van der Waals surface area contributed by atoms with Gasteiger partial charge in [0.25, 0.3) is 0 Å². The lowest BCUT2D eigenvalue weighted by Gasteiger charge is -2.32. The molecule has 0 radical (unpaired) electrons. The van der Waals surface area contributed by atoms with Crippen molar-refractivity contribution >= 4 is 5.91 Å². The minimum Gasteiger partial charge on any atom is -0.369 e. The second-order valence-corrected chi connectivity index (χ2v) is 4.79. The molecular weight excluding hydrogens is 190 g/mol. The number of amides is 1. The summed E-state index contributed by atoms with van der Waals surface area (Å²) >= 11 is 0. The van der Waals surface area contributed by atoms with E-state index in [-0.39, 0.29) is 11.8 Å². The van der Waals surface area contributed by atoms with E-state index in [1.807, 2.05) is 0 Å². The van der Waals surface area contributed by atoms with Crippen LogP contribution in [-0.4, -0.2) is 43.0 Å². The molecule has 1 amide bonds. The normalized spacial score (nSPS) is 33.1. The van der Waals surface area contributed by atoms with Gasteiger partial charge in [-0.3, -0.25) is 4.79 Å². The number of piperidine rings is 1. The third-order valence-electron chi connectivity index (χ3n) is 3.55. The molecule has 2 saturated heterocycles. The highest BCUT2D eigenvalue weighted by Crippen LogP contribution is 2.17. The number of nitrogens with one attached hydrogen (secondary N) is 1. The molecule has 2 aliphatic heterocycles. The number of nitrogens with two attached hydrogens (primary N) is 1. The van der Waals surface area contributed by atoms with Gasteiger partial charge in [-0.1, -0.05) is 0 Å². The molecule has 4 nitrogen and oxygen atoms in total. The first-order valence-electron chi connectivity index (χ1n) is 6.01. The molecule has 2 fully saturated rings. The maximum absolute atomic E-state index is 11.1. The maximum atomic E-state index is 11.1. The van der Waals surface area contributed by atoms with Gasteiger partial charge in [0.05, 0.1) is 5.92 Å². The summed E-state index contributed by atoms with van der Waals surface area (Å²) in [4.78, 5) is 13.5. The van der Waals surface area contributed by atoms with Crippen molar-refractivity contribution in [1.82, 2.24) is 10.2 Å². The fourth-order valence-corrected chi connectivity index (χ4v) is 2.68. The van der Waals surface area contributed by atoms with Crippen LogP contribution < -0.4 is 11.1 Å². The van der Waals surface area contributed by atoms with Crippen molar-refractivity contribution in [2.75, 3.05) is 26.2 Å². The number of hydrogen-bond acceptors (Lipinski definition) is 3. The lowest BCUT2D eigenvalue weighted by atomic mass is 9.97. The van der Waals surface area contributed by atoms with Crippen LogP contribution in [0.3, 0.4) is 0 Å². The summed E-state index contributed by atoms with van der Waals surface area (Å²) in [5, 5.41) is 3.49. The van der Waals surface area contributed by atoms with E-state index in [0.29, 0.717) is 6.04 Å². The highest BCUT2D eigenvalue weighted by Gasteiger charge is 2.26. The highest BCUT2D eigenvalue weighted by molar-refractivity contribution is 5.76. The standard InChI is InChI=1S/C11H21N3O/c12-11(15)9-3-2-6-14(7-9)8-10-4-1-5-13-10/h9-10,13H,1-8H2,(H2,12,15). The third-order valence-corrected chi connectivity index (χ3v) is 3.55. The first kappa shape index (κ1) is 10.9. The average molecular weight is 211 g/mol. The Balaban J connectivity index is 1.79. The van der Waals surface area contributed by atoms with E-state index in [4.69, 9.17) is 5.73 Å². The van der Waals surface area contributed by atoms with E-state index in [9.17, 15) is 4.79 Å². The quantitative estimate of drug-likeness (QED) is 0.687. The van der Waals surface area contributed by atoms with Crippen LogP contribution in [0.25, 0.3) is 0 Å². The van der Waals surface area contributed by atoms with E-state index in [1.165, 1.54) is 12.8 Å². The summed E-state index contributed by atoms with van der Waals surface area (Å²) < 4.78 is 0. The molecule has 2 unspecified atom stereocenters. The molecule has 3 N–H and O–H groups in total. The Hall–Kier alpha value is -0.610. The van der Waals surface area contributed by atoms with Crippen molar-refractivity contribution in [3.05, 3.63) is 0 Å². The van der Waals surface area contributed by atoms with Gasteiger partial charge in [0, 0.05) is 19.1 Å². The van der Waals surface area contributed by atoms with Crippen LogP contribution in [0.2, 0.25) is 0 Å². The van der Waals surface area contributed by atoms with Gasteiger partial charge in [-0.2, -0.15) is 0 Å². The molecule has 4 heteroatoms. The molecule has 86 valence electrons. The Kier molecular flexibility index (Phi) is 3.59. The van der Waals surface area contributed by atoms with Crippen LogP contribution in [-0.2, 0) is 4.79 Å². The summed E-state index contributed by atoms with van der Waals surface area (Å²) in [6, 6.07) is 0.636. The molecule has 0 spiro atoms. The molecule has 0 aromatic rings. The third kappa shape index (κ3) is 2.92. The van der Waals surface area contributed by atoms with Gasteiger partial charge >= 0.3 is 0 Å². The van der Waals surface area contributed by atoms with Crippen molar-refractivity contribution in [3.63, 3.8) is 0 Å². The van der Waals surface area contributed by atoms with Gasteiger partial charge < -0.3 is 16.0 Å². The number of rotatable bonds is 3. The van der Waals surface area contributed by atoms with Crippen LogP contribution in [0.5, 0.6) is 0 Å². The zero-order valence-corrected chi connectivity index (χ0v) is 9.24. The van der Waals surface area contributed by atoms with Crippen molar-refractivity contribution < 1.29 is 4.79 Å². The molecule has 0 aromatic heterocycles. The lowest BCUT2D eigenvalue weighted by Crippen LogP contribution is -2.45. The van der Waals surface area contributed by atoms with Gasteiger partial charge in [-0.25, -0.2) is 0 Å². The minimum atomic E-state index is -0.126. The van der Waals surface area contributed by atoms with E-state index in [2.05, 4.69) is 10.2 Å². The predicted molar refractivity (Wildman–Crippen MR) is 59.4 cm³/mol. The average Bonchev–Trinajstić information content (AvgIpc) is 2.71. The summed E-state index contributed by atoms with van der Waals surface area (Å²) in [7, 11) is 0. The first-order chi connectivity index (χ1) is 7.25. The highest BCUT2D eigenvalue weighted by atomic mass is 16.1. The van der Waals surface area contributed by atoms with Gasteiger partial charge in [0.15, 0.2) is 0 Å². The van der Waals surface area contributed by atoms with Crippen molar-refractivity contribution in [3.8, 4) is 0 Å². The molecule has 2 heterocycles. The fraction of sp³-hybridized carbons (Fsp3) is 0.909. The van der Waals surface area contributed by atoms with E-state index in [1.54, 1.807) is 0 Å². The number of carbonyl (C=O) groups excluding carboxylic acids is 1. The molecule has 15 heavy (non-hydrogen) atoms. The lowest BCUT2D eigenvalue weighted by molar-refractivity contribution is -0.123. The van der Waals surface area contributed by atoms with Gasteiger partial charge in [0.2, 0.25) is 5.91 Å². The summed E-state index contributed by atoms with van der Waals surface area (Å²) in [5.74, 6) is -0.0424. The number of primary amides is 1. The minimum absolute atomic E-state index is 0.0835. The molecular formula is C11H21N3O. The second kappa shape index (κ2) is 4.94. The fourth-order valence-electron chi connectivity index (χ4n) is 2.68. The maximum Gasteiger partial charge on any atom is 0.221 e. The largest absolute Gasteiger partial charge is 0.369 e. The Morgan fingerprint density at radius 3 is 2.93 bits per heavy atom. The van der Waals surface area contributed by atoms with Crippen molar-refractivity contribution in [2.24, 2.45) is 11.7 Å². The Bertz CT molecular complexity index is 226. The molecule has 2 atom stereocenters. The molecule has 0 saturated carbocycles. The van der Waals surface area contributed by atoms with Crippen LogP contribution >= 0.6 is 0 Å². The van der Waals surface area contributed by atoms with Crippen molar-refractivity contribution in [1.29, 1.82) is 0 Å². The molecule has 2 aliphatic rings. The zero-order valence-electron chi connectivity index (χ0n) is 9.24. The zero-order chi connectivity index (χ0) is 10.7. The summed E-state index contributed by atoms with van der Waals surface area (Å²) in [6.45, 7) is 4.23. The summed E-state index contributed by atoms with van der Waals surface area (Å²) in [6.07, 6.45) is 4.65. The Labute approximate surface area is 91.2 Å². The predicted octanol–water partition coefficient (Wildman–Crippen LogP) is -0.0643. The van der Waals surface area contributed by atoms with Crippen molar-refractivity contribution in [2.45, 2.75) is 31.7 Å². The second-order valence-electron chi connectivity index (χ2n) is 4.79. The number of nitrogens with zero attached hydrogens (tertiary/aromatic N) is 1. The Morgan fingerprint density at radius 2 is 2.27 bits per heavy atom. The van der Waals surface area contributed by atoms with E-state index >= 15 is 0 Å². The van der Waals surface area contributed by atoms with Crippen LogP contribution in [0.1, 0.15) is 25.7 Å². The smallest absolute Gasteiger partial charge is 0.221 e. The number of likely N-dealkylation sites (tertiary alicyclic amines) is 1. The molecule has 0 aromatic carbocycles. The Morgan fingerprint density at radius 1 is 1.40 bits per heavy atom. The monoisotopic (exact) mass is 211 g/mol. The van der Waals surface area contributed by atoms with Gasteiger partial charge in [0.1, 0.15) is 0 Å².